The van der Waals surface area contributed by atoms with Gasteiger partial charge in [-0.05, 0) is 5.92 Å². The number of carbonyl (C=O) groups is 1. The summed E-state index contributed by atoms with van der Waals surface area (Å²) < 4.78 is 0.826. The van der Waals surface area contributed by atoms with Gasteiger partial charge in [0.25, 0.3) is 0 Å². The average Bonchev–Trinajstić information content (AvgIpc) is 2.03. The van der Waals surface area contributed by atoms with Crippen molar-refractivity contribution in [1.82, 2.24) is 4.90 Å². The smallest absolute Gasteiger partial charge is 0.140 e. The normalized spacial score (nSPS) is 8.62. The van der Waals surface area contributed by atoms with Crippen LogP contribution in [0.1, 0.15) is 0 Å². The lowest BCUT2D eigenvalue weighted by Gasteiger charge is -2.19. The van der Waals surface area contributed by atoms with Crippen LogP contribution in [0.25, 0.3) is 0 Å². The van der Waals surface area contributed by atoms with Crippen molar-refractivity contribution >= 4 is 30.1 Å². The van der Waals surface area contributed by atoms with Gasteiger partial charge in [0.05, 0.1) is 21.1 Å². The fourth-order valence-electron chi connectivity index (χ4n) is 0.349. The Morgan fingerprint density at radius 1 is 1.31 bits per heavy atom. The lowest BCUT2D eigenvalue weighted by Crippen LogP contribution is -2.35. The highest BCUT2D eigenvalue weighted by molar-refractivity contribution is 14.0. The van der Waals surface area contributed by atoms with Gasteiger partial charge in [0.2, 0.25) is 0 Å². The minimum atomic E-state index is -1.16. The van der Waals surface area contributed by atoms with E-state index in [4.69, 9.17) is 5.11 Å². The Morgan fingerprint density at radius 3 is 1.88 bits per heavy atom. The molecule has 0 aromatic heterocycles. The van der Waals surface area contributed by atoms with Gasteiger partial charge in [-0.15, -0.1) is 24.0 Å². The second kappa shape index (κ2) is 11.0. The number of carbonyl (C=O) groups excluding carboxylic acids is 1. The Balaban J connectivity index is -0.000000214. The first-order valence-corrected chi connectivity index (χ1v) is 4.46. The van der Waals surface area contributed by atoms with E-state index in [0.29, 0.717) is 0 Å². The van der Waals surface area contributed by atoms with E-state index >= 15 is 0 Å². The molecule has 96 valence electrons. The third kappa shape index (κ3) is 23.4. The lowest BCUT2D eigenvalue weighted by molar-refractivity contribution is -0.862. The van der Waals surface area contributed by atoms with Crippen molar-refractivity contribution < 1.29 is 19.5 Å². The zero-order valence-electron chi connectivity index (χ0n) is 10.5. The van der Waals surface area contributed by atoms with Gasteiger partial charge in [-0.2, -0.15) is 0 Å². The van der Waals surface area contributed by atoms with Crippen molar-refractivity contribution in [2.75, 3.05) is 48.4 Å². The molecule has 6 heteroatoms. The number of rotatable bonds is 1. The highest BCUT2D eigenvalue weighted by Gasteiger charge is 2.00. The third-order valence-electron chi connectivity index (χ3n) is 1.12. The Morgan fingerprint density at radius 2 is 1.69 bits per heavy atom. The molecule has 0 aromatic carbocycles. The van der Waals surface area contributed by atoms with Crippen LogP contribution in [0.4, 0.5) is 4.79 Å². The summed E-state index contributed by atoms with van der Waals surface area (Å²) in [5, 5.41) is 17.8. The van der Waals surface area contributed by atoms with Gasteiger partial charge >= 0.3 is 0 Å². The van der Waals surface area contributed by atoms with Crippen LogP contribution in [0.15, 0.2) is 0 Å². The van der Waals surface area contributed by atoms with E-state index in [1.807, 2.05) is 0 Å². The summed E-state index contributed by atoms with van der Waals surface area (Å²) in [7, 11) is 9.01. The molecule has 0 radical (unpaired) electrons. The number of amides is 1. The maximum absolute atomic E-state index is 9.51. The standard InChI is InChI=1S/C7H14NO.C3H7NO2.HI/c1-8(2,3)6-4-5-7-9;1-4(2)3(5)6;/h9H,6-7H2,1-3H3;1-2H3,(H,5,6);1H/q+1;;/p-1. The number of halogens is 1. The van der Waals surface area contributed by atoms with Gasteiger partial charge in [-0.1, -0.05) is 5.92 Å². The minimum absolute atomic E-state index is 0. The fraction of sp³-hybridized carbons (Fsp3) is 0.700. The van der Waals surface area contributed by atoms with E-state index in [1.54, 1.807) is 0 Å². The van der Waals surface area contributed by atoms with E-state index in [1.165, 1.54) is 14.1 Å². The molecule has 0 spiro atoms. The predicted octanol–water partition coefficient (Wildman–Crippen LogP) is -0.802. The van der Waals surface area contributed by atoms with Crippen LogP contribution >= 0.6 is 24.0 Å². The quantitative estimate of drug-likeness (QED) is 0.385. The van der Waals surface area contributed by atoms with Crippen molar-refractivity contribution in [2.24, 2.45) is 0 Å². The van der Waals surface area contributed by atoms with Crippen LogP contribution in [0.3, 0.4) is 0 Å². The molecule has 0 saturated heterocycles. The van der Waals surface area contributed by atoms with E-state index < -0.39 is 6.09 Å². The molecule has 0 heterocycles. The number of carboxylic acid groups (broad SMARTS) is 1. The summed E-state index contributed by atoms with van der Waals surface area (Å²) in [4.78, 5) is 10.5. The van der Waals surface area contributed by atoms with Crippen molar-refractivity contribution in [3.63, 3.8) is 0 Å². The minimum Gasteiger partial charge on any atom is -0.530 e. The molecule has 0 aromatic rings. The molecule has 16 heavy (non-hydrogen) atoms. The van der Waals surface area contributed by atoms with Crippen molar-refractivity contribution in [1.29, 1.82) is 0 Å². The average molecular weight is 344 g/mol. The van der Waals surface area contributed by atoms with Crippen LogP contribution in [-0.2, 0) is 0 Å². The molecule has 1 N–H and O–H groups in total. The number of aliphatic hydroxyl groups excluding tert-OH is 1. The van der Waals surface area contributed by atoms with Crippen LogP contribution < -0.4 is 5.11 Å². The Labute approximate surface area is 115 Å². The Hall–Kier alpha value is -0.520. The highest BCUT2D eigenvalue weighted by Crippen LogP contribution is 1.84. The third-order valence-corrected chi connectivity index (χ3v) is 1.12. The van der Waals surface area contributed by atoms with Gasteiger partial charge in [-0.25, -0.2) is 0 Å². The number of hydrogen-bond donors (Lipinski definition) is 1. The first kappa shape index (κ1) is 20.8. The van der Waals surface area contributed by atoms with Gasteiger partial charge in [0, 0.05) is 14.1 Å². The summed E-state index contributed by atoms with van der Waals surface area (Å²) in [6, 6.07) is 0. The Bertz CT molecular complexity index is 239. The van der Waals surface area contributed by atoms with Crippen molar-refractivity contribution in [2.45, 2.75) is 0 Å². The van der Waals surface area contributed by atoms with E-state index in [-0.39, 0.29) is 30.6 Å². The van der Waals surface area contributed by atoms with Gasteiger partial charge < -0.3 is 24.4 Å². The molecule has 0 rings (SSSR count). The summed E-state index contributed by atoms with van der Waals surface area (Å²) in [6.07, 6.45) is -1.16. The zero-order chi connectivity index (χ0) is 12.5. The largest absolute Gasteiger partial charge is 0.530 e. The second-order valence-electron chi connectivity index (χ2n) is 4.12. The molecule has 0 saturated carbocycles. The Kier molecular flexibility index (Phi) is 14.3. The van der Waals surface area contributed by atoms with Gasteiger partial charge in [-0.3, -0.25) is 0 Å². The second-order valence-corrected chi connectivity index (χ2v) is 4.12. The summed E-state index contributed by atoms with van der Waals surface area (Å²) in [5.74, 6) is 5.44. The first-order valence-electron chi connectivity index (χ1n) is 4.46. The first-order chi connectivity index (χ1) is 6.70. The van der Waals surface area contributed by atoms with Crippen molar-refractivity contribution in [3.05, 3.63) is 0 Å². The number of hydrogen-bond acceptors (Lipinski definition) is 3. The molecule has 1 amide bonds. The van der Waals surface area contributed by atoms with Crippen LogP contribution in [0.2, 0.25) is 0 Å². The van der Waals surface area contributed by atoms with E-state index in [0.717, 1.165) is 15.9 Å². The summed E-state index contributed by atoms with van der Waals surface area (Å²) in [5.41, 5.74) is 0. The van der Waals surface area contributed by atoms with Crippen molar-refractivity contribution in [3.8, 4) is 11.8 Å². The molecule has 0 bridgehead atoms. The number of aliphatic hydroxyl groups is 1. The van der Waals surface area contributed by atoms with Gasteiger partial charge in [0.1, 0.15) is 19.2 Å². The van der Waals surface area contributed by atoms with Crippen LogP contribution in [-0.4, -0.2) is 69.0 Å². The molecular formula is C10H21IN2O3. The maximum atomic E-state index is 9.51. The van der Waals surface area contributed by atoms with Crippen LogP contribution in [0, 0.1) is 11.8 Å². The number of nitrogens with zero attached hydrogens (tertiary/aromatic N) is 2. The number of quaternary nitrogens is 1. The zero-order valence-corrected chi connectivity index (χ0v) is 12.8. The summed E-state index contributed by atoms with van der Waals surface area (Å²) in [6.45, 7) is 0.764. The highest BCUT2D eigenvalue weighted by atomic mass is 127. The molecular weight excluding hydrogens is 323 g/mol. The maximum Gasteiger partial charge on any atom is 0.140 e. The molecule has 0 atom stereocenters. The van der Waals surface area contributed by atoms with E-state index in [9.17, 15) is 9.90 Å². The summed E-state index contributed by atoms with van der Waals surface area (Å²) >= 11 is 0. The molecule has 0 fully saturated rings. The monoisotopic (exact) mass is 344 g/mol. The topological polar surface area (TPSA) is 63.6 Å². The van der Waals surface area contributed by atoms with Gasteiger partial charge in [0.15, 0.2) is 0 Å². The predicted molar refractivity (Wildman–Crippen MR) is 72.3 cm³/mol. The lowest BCUT2D eigenvalue weighted by atomic mass is 10.5. The molecule has 5 nitrogen and oxygen atoms in total. The molecule has 0 unspecified atom stereocenters. The molecule has 0 aliphatic heterocycles. The SMILES string of the molecule is CN(C)C(=O)[O-].C[N+](C)(C)CC#CCO.I. The van der Waals surface area contributed by atoms with Crippen LogP contribution in [0.5, 0.6) is 0 Å². The fourth-order valence-corrected chi connectivity index (χ4v) is 0.349. The van der Waals surface area contributed by atoms with E-state index in [2.05, 4.69) is 33.0 Å². The molecule has 0 aliphatic carbocycles. The molecule has 0 aliphatic rings.